The van der Waals surface area contributed by atoms with Crippen molar-refractivity contribution in [2.24, 2.45) is 0 Å². The molecule has 5 heteroatoms. The van der Waals surface area contributed by atoms with Gasteiger partial charge >= 0.3 is 0 Å². The topological polar surface area (TPSA) is 66.9 Å². The van der Waals surface area contributed by atoms with Crippen molar-refractivity contribution in [1.29, 1.82) is 0 Å². The molecule has 1 aromatic heterocycles. The van der Waals surface area contributed by atoms with Crippen LogP contribution in [-0.2, 0) is 0 Å². The number of hydrogen-bond acceptors (Lipinski definition) is 4. The molecule has 1 amide bonds. The van der Waals surface area contributed by atoms with E-state index in [4.69, 9.17) is 0 Å². The van der Waals surface area contributed by atoms with E-state index >= 15 is 0 Å². The highest BCUT2D eigenvalue weighted by atomic mass is 16.1. The van der Waals surface area contributed by atoms with Gasteiger partial charge in [-0.2, -0.15) is 0 Å². The van der Waals surface area contributed by atoms with Crippen LogP contribution in [0.25, 0.3) is 0 Å². The number of benzene rings is 1. The normalized spacial score (nSPS) is 10.5. The van der Waals surface area contributed by atoms with Crippen LogP contribution in [-0.4, -0.2) is 21.9 Å². The highest BCUT2D eigenvalue weighted by Gasteiger charge is 2.10. The van der Waals surface area contributed by atoms with Crippen LogP contribution in [0.5, 0.6) is 0 Å². The van der Waals surface area contributed by atoms with Crippen LogP contribution in [0.2, 0.25) is 0 Å². The predicted molar refractivity (Wildman–Crippen MR) is 83.8 cm³/mol. The van der Waals surface area contributed by atoms with E-state index in [1.807, 2.05) is 39.8 Å². The van der Waals surface area contributed by atoms with Gasteiger partial charge in [0.2, 0.25) is 5.95 Å². The molecule has 0 spiro atoms. The lowest BCUT2D eigenvalue weighted by Gasteiger charge is -2.11. The molecule has 2 aromatic rings. The minimum atomic E-state index is -0.198. The molecule has 5 nitrogen and oxygen atoms in total. The standard InChI is InChI=1S/C16H20N4O/c1-10(2)18-15(21)14-7-8-17-16(20-14)19-13-6-5-11(3)9-12(13)4/h5-10H,1-4H3,(H,18,21)(H,17,19,20). The number of rotatable bonds is 4. The maximum absolute atomic E-state index is 11.9. The van der Waals surface area contributed by atoms with Gasteiger partial charge in [-0.1, -0.05) is 17.7 Å². The number of aromatic nitrogens is 2. The number of nitrogens with zero attached hydrogens (tertiary/aromatic N) is 2. The first-order chi connectivity index (χ1) is 9.95. The number of carbonyl (C=O) groups is 1. The molecule has 0 radical (unpaired) electrons. The third-order valence-corrected chi connectivity index (χ3v) is 2.94. The van der Waals surface area contributed by atoms with Crippen LogP contribution >= 0.6 is 0 Å². The Morgan fingerprint density at radius 2 is 1.95 bits per heavy atom. The molecule has 2 N–H and O–H groups in total. The fourth-order valence-corrected chi connectivity index (χ4v) is 1.96. The second-order valence-electron chi connectivity index (χ2n) is 5.34. The van der Waals surface area contributed by atoms with E-state index in [0.717, 1.165) is 11.3 Å². The van der Waals surface area contributed by atoms with E-state index in [1.165, 1.54) is 5.56 Å². The zero-order valence-corrected chi connectivity index (χ0v) is 12.8. The van der Waals surface area contributed by atoms with Crippen molar-refractivity contribution >= 4 is 17.5 Å². The summed E-state index contributed by atoms with van der Waals surface area (Å²) in [6.45, 7) is 7.89. The lowest BCUT2D eigenvalue weighted by Crippen LogP contribution is -2.30. The average molecular weight is 284 g/mol. The Hall–Kier alpha value is -2.43. The molecular formula is C16H20N4O. The Kier molecular flexibility index (Phi) is 4.52. The van der Waals surface area contributed by atoms with Crippen molar-refractivity contribution < 1.29 is 4.79 Å². The summed E-state index contributed by atoms with van der Waals surface area (Å²) >= 11 is 0. The van der Waals surface area contributed by atoms with Gasteiger partial charge in [-0.3, -0.25) is 4.79 Å². The average Bonchev–Trinajstić information content (AvgIpc) is 2.41. The van der Waals surface area contributed by atoms with Crippen LogP contribution < -0.4 is 10.6 Å². The zero-order valence-electron chi connectivity index (χ0n) is 12.8. The number of carbonyl (C=O) groups excluding carboxylic acids is 1. The quantitative estimate of drug-likeness (QED) is 0.905. The van der Waals surface area contributed by atoms with E-state index in [0.29, 0.717) is 11.6 Å². The summed E-state index contributed by atoms with van der Waals surface area (Å²) in [5, 5.41) is 5.96. The molecule has 0 aliphatic heterocycles. The summed E-state index contributed by atoms with van der Waals surface area (Å²) in [6, 6.07) is 7.76. The Morgan fingerprint density at radius 1 is 1.19 bits per heavy atom. The van der Waals surface area contributed by atoms with Crippen molar-refractivity contribution in [1.82, 2.24) is 15.3 Å². The summed E-state index contributed by atoms with van der Waals surface area (Å²) in [6.07, 6.45) is 1.58. The molecule has 2 rings (SSSR count). The zero-order chi connectivity index (χ0) is 15.4. The molecule has 0 atom stereocenters. The lowest BCUT2D eigenvalue weighted by atomic mass is 10.1. The predicted octanol–water partition coefficient (Wildman–Crippen LogP) is 2.98. The smallest absolute Gasteiger partial charge is 0.270 e. The van der Waals surface area contributed by atoms with Crippen molar-refractivity contribution in [3.05, 3.63) is 47.3 Å². The van der Waals surface area contributed by atoms with Gasteiger partial charge in [-0.15, -0.1) is 0 Å². The van der Waals surface area contributed by atoms with E-state index in [1.54, 1.807) is 12.3 Å². The van der Waals surface area contributed by atoms with Gasteiger partial charge in [-0.05, 0) is 45.4 Å². The Bertz CT molecular complexity index is 652. The monoisotopic (exact) mass is 284 g/mol. The van der Waals surface area contributed by atoms with Gasteiger partial charge in [0.15, 0.2) is 0 Å². The molecule has 0 fully saturated rings. The lowest BCUT2D eigenvalue weighted by molar-refractivity contribution is 0.0938. The molecule has 0 saturated heterocycles. The van der Waals surface area contributed by atoms with Crippen LogP contribution in [0.4, 0.5) is 11.6 Å². The van der Waals surface area contributed by atoms with Gasteiger partial charge < -0.3 is 10.6 Å². The van der Waals surface area contributed by atoms with Gasteiger partial charge in [0.1, 0.15) is 5.69 Å². The summed E-state index contributed by atoms with van der Waals surface area (Å²) in [5.74, 6) is 0.217. The first-order valence-electron chi connectivity index (χ1n) is 6.94. The highest BCUT2D eigenvalue weighted by Crippen LogP contribution is 2.19. The fraction of sp³-hybridized carbons (Fsp3) is 0.312. The molecule has 21 heavy (non-hydrogen) atoms. The number of amides is 1. The van der Waals surface area contributed by atoms with Gasteiger partial charge in [0.25, 0.3) is 5.91 Å². The van der Waals surface area contributed by atoms with Crippen LogP contribution in [0.3, 0.4) is 0 Å². The van der Waals surface area contributed by atoms with Crippen molar-refractivity contribution in [2.45, 2.75) is 33.7 Å². The van der Waals surface area contributed by atoms with Gasteiger partial charge in [0.05, 0.1) is 0 Å². The van der Waals surface area contributed by atoms with E-state index < -0.39 is 0 Å². The van der Waals surface area contributed by atoms with Crippen molar-refractivity contribution in [3.8, 4) is 0 Å². The molecule has 0 aliphatic carbocycles. The SMILES string of the molecule is Cc1ccc(Nc2nccc(C(=O)NC(C)C)n2)c(C)c1. The van der Waals surface area contributed by atoms with E-state index in [-0.39, 0.29) is 11.9 Å². The van der Waals surface area contributed by atoms with E-state index in [2.05, 4.69) is 26.7 Å². The minimum Gasteiger partial charge on any atom is -0.349 e. The van der Waals surface area contributed by atoms with Gasteiger partial charge in [-0.25, -0.2) is 9.97 Å². The molecule has 1 heterocycles. The van der Waals surface area contributed by atoms with Crippen molar-refractivity contribution in [3.63, 3.8) is 0 Å². The molecular weight excluding hydrogens is 264 g/mol. The molecule has 110 valence electrons. The molecule has 0 aliphatic rings. The maximum atomic E-state index is 11.9. The summed E-state index contributed by atoms with van der Waals surface area (Å²) in [7, 11) is 0. The third-order valence-electron chi connectivity index (χ3n) is 2.94. The second kappa shape index (κ2) is 6.35. The summed E-state index contributed by atoms with van der Waals surface area (Å²) in [5.41, 5.74) is 3.59. The Balaban J connectivity index is 2.19. The summed E-state index contributed by atoms with van der Waals surface area (Å²) in [4.78, 5) is 20.4. The first kappa shape index (κ1) is 15.0. The molecule has 0 saturated carbocycles. The van der Waals surface area contributed by atoms with Crippen LogP contribution in [0, 0.1) is 13.8 Å². The number of anilines is 2. The Labute approximate surface area is 124 Å². The van der Waals surface area contributed by atoms with Gasteiger partial charge in [0, 0.05) is 17.9 Å². The molecule has 1 aromatic carbocycles. The van der Waals surface area contributed by atoms with Crippen LogP contribution in [0.15, 0.2) is 30.5 Å². The molecule has 0 bridgehead atoms. The number of hydrogen-bond donors (Lipinski definition) is 2. The number of aryl methyl sites for hydroxylation is 2. The van der Waals surface area contributed by atoms with Crippen molar-refractivity contribution in [2.75, 3.05) is 5.32 Å². The summed E-state index contributed by atoms with van der Waals surface area (Å²) < 4.78 is 0. The maximum Gasteiger partial charge on any atom is 0.270 e. The Morgan fingerprint density at radius 3 is 2.62 bits per heavy atom. The number of nitrogens with one attached hydrogen (secondary N) is 2. The second-order valence-corrected chi connectivity index (χ2v) is 5.34. The van der Waals surface area contributed by atoms with E-state index in [9.17, 15) is 4.79 Å². The largest absolute Gasteiger partial charge is 0.349 e. The van der Waals surface area contributed by atoms with Crippen LogP contribution in [0.1, 0.15) is 35.5 Å². The molecule has 0 unspecified atom stereocenters. The third kappa shape index (κ3) is 4.02. The fourth-order valence-electron chi connectivity index (χ4n) is 1.96. The minimum absolute atomic E-state index is 0.0724. The first-order valence-corrected chi connectivity index (χ1v) is 6.94. The highest BCUT2D eigenvalue weighted by molar-refractivity contribution is 5.92.